The highest BCUT2D eigenvalue weighted by Gasteiger charge is 2.39. The number of likely N-dealkylation sites (N-methyl/N-ethyl adjacent to an activating group) is 2. The summed E-state index contributed by atoms with van der Waals surface area (Å²) in [5.41, 5.74) is 0.301. The summed E-state index contributed by atoms with van der Waals surface area (Å²) < 4.78 is 14.3. The topological polar surface area (TPSA) is 64.7 Å². The van der Waals surface area contributed by atoms with Crippen LogP contribution in [-0.4, -0.2) is 68.4 Å². The number of halogens is 3. The zero-order valence-corrected chi connectivity index (χ0v) is 17.5. The van der Waals surface area contributed by atoms with Crippen LogP contribution in [0.2, 0.25) is 0 Å². The van der Waals surface area contributed by atoms with E-state index < -0.39 is 17.9 Å². The van der Waals surface area contributed by atoms with Crippen molar-refractivity contribution in [1.82, 2.24) is 20.4 Å². The van der Waals surface area contributed by atoms with E-state index in [1.54, 1.807) is 18.2 Å². The van der Waals surface area contributed by atoms with E-state index in [-0.39, 0.29) is 36.6 Å². The molecule has 1 aliphatic rings. The first kappa shape index (κ1) is 25.6. The van der Waals surface area contributed by atoms with Crippen LogP contribution in [0.5, 0.6) is 0 Å². The molecule has 2 amide bonds. The Labute approximate surface area is 172 Å². The fourth-order valence-corrected chi connectivity index (χ4v) is 3.20. The smallest absolute Gasteiger partial charge is 0.241 e. The van der Waals surface area contributed by atoms with Gasteiger partial charge >= 0.3 is 0 Å². The fourth-order valence-electron chi connectivity index (χ4n) is 3.20. The van der Waals surface area contributed by atoms with Crippen LogP contribution in [0.3, 0.4) is 0 Å². The van der Waals surface area contributed by atoms with Crippen molar-refractivity contribution in [2.75, 3.05) is 40.8 Å². The Balaban J connectivity index is 0.00000338. The van der Waals surface area contributed by atoms with Crippen LogP contribution in [0.25, 0.3) is 0 Å². The minimum Gasteiger partial charge on any atom is -0.358 e. The summed E-state index contributed by atoms with van der Waals surface area (Å²) >= 11 is 0. The van der Waals surface area contributed by atoms with E-state index in [1.165, 1.54) is 13.1 Å². The molecule has 1 saturated heterocycles. The van der Waals surface area contributed by atoms with E-state index >= 15 is 0 Å². The van der Waals surface area contributed by atoms with E-state index in [4.69, 9.17) is 0 Å². The third-order valence-corrected chi connectivity index (χ3v) is 4.48. The summed E-state index contributed by atoms with van der Waals surface area (Å²) in [6, 6.07) is 5.01. The Morgan fingerprint density at radius 1 is 1.30 bits per heavy atom. The van der Waals surface area contributed by atoms with Crippen molar-refractivity contribution in [3.63, 3.8) is 0 Å². The highest BCUT2D eigenvalue weighted by molar-refractivity contribution is 5.86. The molecule has 0 spiro atoms. The molecule has 2 atom stereocenters. The van der Waals surface area contributed by atoms with Crippen molar-refractivity contribution in [1.29, 1.82) is 0 Å². The van der Waals surface area contributed by atoms with Gasteiger partial charge in [-0.25, -0.2) is 4.39 Å². The average Bonchev–Trinajstić information content (AvgIpc) is 3.05. The number of benzene rings is 1. The average molecular weight is 423 g/mol. The van der Waals surface area contributed by atoms with Crippen molar-refractivity contribution in [2.24, 2.45) is 0 Å². The van der Waals surface area contributed by atoms with Gasteiger partial charge in [0.25, 0.3) is 0 Å². The first-order valence-electron chi connectivity index (χ1n) is 8.60. The molecule has 1 aromatic carbocycles. The molecule has 1 fully saturated rings. The van der Waals surface area contributed by atoms with Gasteiger partial charge in [-0.15, -0.1) is 24.8 Å². The number of rotatable bonds is 7. The second kappa shape index (κ2) is 12.1. The van der Waals surface area contributed by atoms with Gasteiger partial charge in [-0.1, -0.05) is 18.2 Å². The van der Waals surface area contributed by atoms with Crippen molar-refractivity contribution in [3.05, 3.63) is 35.6 Å². The lowest BCUT2D eigenvalue weighted by Gasteiger charge is -2.31. The number of carbonyl (C=O) groups excluding carboxylic acids is 2. The van der Waals surface area contributed by atoms with Gasteiger partial charge in [0.2, 0.25) is 11.8 Å². The number of likely N-dealkylation sites (tertiary alicyclic amines) is 1. The lowest BCUT2D eigenvalue weighted by molar-refractivity contribution is -0.131. The SMILES string of the molecule is CNC(=O)[C@@H](c1ccccc1F)N1CCC[C@H]1C(=O)NCCN(C)C.Cl.Cl. The molecule has 1 aliphatic heterocycles. The van der Waals surface area contributed by atoms with E-state index in [9.17, 15) is 14.0 Å². The number of hydrogen-bond acceptors (Lipinski definition) is 4. The summed E-state index contributed by atoms with van der Waals surface area (Å²) in [5.74, 6) is -0.850. The van der Waals surface area contributed by atoms with Crippen LogP contribution in [0.1, 0.15) is 24.4 Å². The van der Waals surface area contributed by atoms with Crippen LogP contribution in [0, 0.1) is 5.82 Å². The third kappa shape index (κ3) is 6.60. The first-order chi connectivity index (χ1) is 12.0. The van der Waals surface area contributed by atoms with E-state index in [0.29, 0.717) is 25.1 Å². The fraction of sp³-hybridized carbons (Fsp3) is 0.556. The largest absolute Gasteiger partial charge is 0.358 e. The Kier molecular flexibility index (Phi) is 11.5. The molecule has 0 aromatic heterocycles. The lowest BCUT2D eigenvalue weighted by atomic mass is 10.0. The number of nitrogens with one attached hydrogen (secondary N) is 2. The predicted octanol–water partition coefficient (Wildman–Crippen LogP) is 1.60. The number of carbonyl (C=O) groups is 2. The van der Waals surface area contributed by atoms with E-state index in [0.717, 1.165) is 13.0 Å². The summed E-state index contributed by atoms with van der Waals surface area (Å²) in [6.45, 7) is 1.86. The maximum Gasteiger partial charge on any atom is 0.241 e. The van der Waals surface area contributed by atoms with Crippen LogP contribution in [0.15, 0.2) is 24.3 Å². The summed E-state index contributed by atoms with van der Waals surface area (Å²) in [4.78, 5) is 28.8. The minimum atomic E-state index is -0.807. The molecule has 2 N–H and O–H groups in total. The van der Waals surface area contributed by atoms with Crippen molar-refractivity contribution < 1.29 is 14.0 Å². The van der Waals surface area contributed by atoms with Gasteiger partial charge in [0.1, 0.15) is 11.9 Å². The van der Waals surface area contributed by atoms with E-state index in [2.05, 4.69) is 10.6 Å². The van der Waals surface area contributed by atoms with Crippen LogP contribution in [-0.2, 0) is 9.59 Å². The Morgan fingerprint density at radius 2 is 1.96 bits per heavy atom. The normalized spacial score (nSPS) is 17.6. The molecule has 1 heterocycles. The Morgan fingerprint density at radius 3 is 2.56 bits per heavy atom. The molecule has 9 heteroatoms. The van der Waals surface area contributed by atoms with E-state index in [1.807, 2.05) is 23.9 Å². The summed E-state index contributed by atoms with van der Waals surface area (Å²) in [5, 5.41) is 5.52. The van der Waals surface area contributed by atoms with Crippen LogP contribution < -0.4 is 10.6 Å². The second-order valence-electron chi connectivity index (χ2n) is 6.53. The molecular formula is C18H29Cl2FN4O2. The molecule has 0 unspecified atom stereocenters. The van der Waals surface area contributed by atoms with Crippen LogP contribution in [0.4, 0.5) is 4.39 Å². The second-order valence-corrected chi connectivity index (χ2v) is 6.53. The van der Waals surface area contributed by atoms with Gasteiger partial charge in [-0.2, -0.15) is 0 Å². The monoisotopic (exact) mass is 422 g/mol. The van der Waals surface area contributed by atoms with Crippen molar-refractivity contribution >= 4 is 36.6 Å². The maximum absolute atomic E-state index is 14.3. The van der Waals surface area contributed by atoms with Gasteiger partial charge < -0.3 is 15.5 Å². The molecule has 0 saturated carbocycles. The van der Waals surface area contributed by atoms with Gasteiger partial charge in [0.15, 0.2) is 0 Å². The van der Waals surface area contributed by atoms with Crippen LogP contribution >= 0.6 is 24.8 Å². The quantitative estimate of drug-likeness (QED) is 0.700. The molecule has 1 aromatic rings. The number of hydrogen-bond donors (Lipinski definition) is 2. The van der Waals surface area contributed by atoms with Crippen molar-refractivity contribution in [3.8, 4) is 0 Å². The third-order valence-electron chi connectivity index (χ3n) is 4.48. The van der Waals surface area contributed by atoms with Crippen molar-refractivity contribution in [2.45, 2.75) is 24.9 Å². The van der Waals surface area contributed by atoms with Gasteiger partial charge in [-0.05, 0) is 33.0 Å². The highest BCUT2D eigenvalue weighted by atomic mass is 35.5. The Bertz CT molecular complexity index is 619. The predicted molar refractivity (Wildman–Crippen MR) is 109 cm³/mol. The first-order valence-corrected chi connectivity index (χ1v) is 8.60. The molecule has 0 radical (unpaired) electrons. The molecule has 154 valence electrons. The molecule has 6 nitrogen and oxygen atoms in total. The molecule has 0 bridgehead atoms. The van der Waals surface area contributed by atoms with Gasteiger partial charge in [-0.3, -0.25) is 14.5 Å². The van der Waals surface area contributed by atoms with Gasteiger partial charge in [0.05, 0.1) is 6.04 Å². The number of amides is 2. The zero-order valence-electron chi connectivity index (χ0n) is 15.9. The molecule has 0 aliphatic carbocycles. The Hall–Kier alpha value is -1.41. The molecule has 27 heavy (non-hydrogen) atoms. The maximum atomic E-state index is 14.3. The standard InChI is InChI=1S/C18H27FN4O2.2ClH/c1-20-18(25)16(13-7-4-5-8-14(13)19)23-11-6-9-15(23)17(24)21-10-12-22(2)3;;/h4-5,7-8,15-16H,6,9-12H2,1-3H3,(H,20,25)(H,21,24);2*1H/t15-,16+;;/m0../s1. The highest BCUT2D eigenvalue weighted by Crippen LogP contribution is 2.31. The summed E-state index contributed by atoms with van der Waals surface area (Å²) in [7, 11) is 5.40. The van der Waals surface area contributed by atoms with Gasteiger partial charge in [0, 0.05) is 32.2 Å². The minimum absolute atomic E-state index is 0. The lowest BCUT2D eigenvalue weighted by Crippen LogP contribution is -2.49. The molecular weight excluding hydrogens is 394 g/mol. The zero-order chi connectivity index (χ0) is 18.4. The molecule has 2 rings (SSSR count). The summed E-state index contributed by atoms with van der Waals surface area (Å²) in [6.07, 6.45) is 1.46. The number of nitrogens with zero attached hydrogens (tertiary/aromatic N) is 2.